The normalized spacial score (nSPS) is 13.9. The van der Waals surface area contributed by atoms with Crippen LogP contribution < -0.4 is 0 Å². The van der Waals surface area contributed by atoms with Gasteiger partial charge in [-0.1, -0.05) is 15.9 Å². The summed E-state index contributed by atoms with van der Waals surface area (Å²) in [6, 6.07) is 4.94. The molecule has 102 valence electrons. The summed E-state index contributed by atoms with van der Waals surface area (Å²) in [5, 5.41) is 9.19. The van der Waals surface area contributed by atoms with Crippen LogP contribution in [0.25, 0.3) is 0 Å². The molecular formula is C12H18BrNO3S. The lowest BCUT2D eigenvalue weighted by atomic mass is 10.2. The Morgan fingerprint density at radius 1 is 1.44 bits per heavy atom. The fourth-order valence-electron chi connectivity index (χ4n) is 1.45. The standard InChI is InChI=1S/C12H18BrNO3S/c1-9-8-11(4-5-12(9)13)18(16,17)14(3)7-6-10(2)15/h4-5,8,10,15H,6-7H2,1-3H3. The zero-order chi connectivity index (χ0) is 13.9. The van der Waals surface area contributed by atoms with Crippen LogP contribution in [-0.2, 0) is 10.0 Å². The van der Waals surface area contributed by atoms with E-state index in [0.717, 1.165) is 10.0 Å². The van der Waals surface area contributed by atoms with Gasteiger partial charge in [0, 0.05) is 18.1 Å². The second-order valence-corrected chi connectivity index (χ2v) is 7.27. The fourth-order valence-corrected chi connectivity index (χ4v) is 2.96. The summed E-state index contributed by atoms with van der Waals surface area (Å²) in [5.74, 6) is 0. The van der Waals surface area contributed by atoms with Gasteiger partial charge in [-0.05, 0) is 44.0 Å². The zero-order valence-corrected chi connectivity index (χ0v) is 13.1. The summed E-state index contributed by atoms with van der Waals surface area (Å²) in [6.07, 6.45) is -0.0834. The zero-order valence-electron chi connectivity index (χ0n) is 10.7. The highest BCUT2D eigenvalue weighted by Crippen LogP contribution is 2.22. The molecule has 1 rings (SSSR count). The molecule has 1 aromatic rings. The van der Waals surface area contributed by atoms with Gasteiger partial charge in [-0.3, -0.25) is 0 Å². The van der Waals surface area contributed by atoms with Gasteiger partial charge in [0.2, 0.25) is 10.0 Å². The Morgan fingerprint density at radius 2 is 2.06 bits per heavy atom. The molecule has 0 bridgehead atoms. The molecular weight excluding hydrogens is 318 g/mol. The van der Waals surface area contributed by atoms with E-state index < -0.39 is 16.1 Å². The van der Waals surface area contributed by atoms with E-state index >= 15 is 0 Å². The van der Waals surface area contributed by atoms with E-state index in [1.165, 1.54) is 11.4 Å². The molecule has 0 fully saturated rings. The number of aliphatic hydroxyl groups is 1. The Morgan fingerprint density at radius 3 is 2.56 bits per heavy atom. The first-order valence-corrected chi connectivity index (χ1v) is 7.89. The number of hydrogen-bond acceptors (Lipinski definition) is 3. The quantitative estimate of drug-likeness (QED) is 0.896. The van der Waals surface area contributed by atoms with Crippen molar-refractivity contribution in [3.05, 3.63) is 28.2 Å². The van der Waals surface area contributed by atoms with Gasteiger partial charge >= 0.3 is 0 Å². The number of halogens is 1. The molecule has 0 saturated carbocycles. The second kappa shape index (κ2) is 6.14. The highest BCUT2D eigenvalue weighted by atomic mass is 79.9. The maximum absolute atomic E-state index is 12.2. The van der Waals surface area contributed by atoms with E-state index in [9.17, 15) is 13.5 Å². The van der Waals surface area contributed by atoms with E-state index in [-0.39, 0.29) is 4.90 Å². The second-order valence-electron chi connectivity index (χ2n) is 4.38. The lowest BCUT2D eigenvalue weighted by Gasteiger charge is -2.18. The van der Waals surface area contributed by atoms with Gasteiger partial charge in [-0.2, -0.15) is 0 Å². The SMILES string of the molecule is Cc1cc(S(=O)(=O)N(C)CCC(C)O)ccc1Br. The molecule has 0 aliphatic rings. The summed E-state index contributed by atoms with van der Waals surface area (Å²) in [4.78, 5) is 0.274. The Kier molecular flexibility index (Phi) is 5.33. The molecule has 18 heavy (non-hydrogen) atoms. The number of nitrogens with zero attached hydrogens (tertiary/aromatic N) is 1. The molecule has 1 N–H and O–H groups in total. The highest BCUT2D eigenvalue weighted by molar-refractivity contribution is 9.10. The third-order valence-corrected chi connectivity index (χ3v) is 5.44. The van der Waals surface area contributed by atoms with E-state index in [4.69, 9.17) is 0 Å². The molecule has 1 aromatic carbocycles. The van der Waals surface area contributed by atoms with Crippen molar-refractivity contribution < 1.29 is 13.5 Å². The minimum Gasteiger partial charge on any atom is -0.393 e. The molecule has 0 aliphatic carbocycles. The average Bonchev–Trinajstić information content (AvgIpc) is 2.29. The average molecular weight is 336 g/mol. The molecule has 1 unspecified atom stereocenters. The summed E-state index contributed by atoms with van der Waals surface area (Å²) in [7, 11) is -1.95. The molecule has 0 heterocycles. The Balaban J connectivity index is 2.95. The van der Waals surface area contributed by atoms with Gasteiger partial charge < -0.3 is 5.11 Å². The van der Waals surface area contributed by atoms with Gasteiger partial charge in [0.25, 0.3) is 0 Å². The van der Waals surface area contributed by atoms with Crippen LogP contribution >= 0.6 is 15.9 Å². The minimum atomic E-state index is -3.47. The van der Waals surface area contributed by atoms with Crippen molar-refractivity contribution in [2.24, 2.45) is 0 Å². The number of sulfonamides is 1. The van der Waals surface area contributed by atoms with Crippen molar-refractivity contribution in [3.8, 4) is 0 Å². The fraction of sp³-hybridized carbons (Fsp3) is 0.500. The van der Waals surface area contributed by atoms with Crippen molar-refractivity contribution in [1.82, 2.24) is 4.31 Å². The van der Waals surface area contributed by atoms with Crippen LogP contribution in [0.2, 0.25) is 0 Å². The maximum Gasteiger partial charge on any atom is 0.242 e. The summed E-state index contributed by atoms with van der Waals surface area (Å²) in [5.41, 5.74) is 0.875. The van der Waals surface area contributed by atoms with Gasteiger partial charge in [0.15, 0.2) is 0 Å². The van der Waals surface area contributed by atoms with Crippen LogP contribution in [0.3, 0.4) is 0 Å². The van der Waals surface area contributed by atoms with Crippen molar-refractivity contribution in [2.75, 3.05) is 13.6 Å². The topological polar surface area (TPSA) is 57.6 Å². The van der Waals surface area contributed by atoms with Crippen LogP contribution in [-0.4, -0.2) is 37.5 Å². The van der Waals surface area contributed by atoms with Gasteiger partial charge in [0.1, 0.15) is 0 Å². The largest absolute Gasteiger partial charge is 0.393 e. The van der Waals surface area contributed by atoms with Crippen LogP contribution in [0.1, 0.15) is 18.9 Å². The number of aryl methyl sites for hydroxylation is 1. The molecule has 0 aliphatic heterocycles. The van der Waals surface area contributed by atoms with E-state index in [1.54, 1.807) is 25.1 Å². The monoisotopic (exact) mass is 335 g/mol. The third kappa shape index (κ3) is 3.78. The van der Waals surface area contributed by atoms with Crippen LogP contribution in [0.4, 0.5) is 0 Å². The van der Waals surface area contributed by atoms with Crippen molar-refractivity contribution >= 4 is 26.0 Å². The molecule has 0 saturated heterocycles. The van der Waals surface area contributed by atoms with Crippen LogP contribution in [0, 0.1) is 6.92 Å². The van der Waals surface area contributed by atoms with Crippen LogP contribution in [0.5, 0.6) is 0 Å². The van der Waals surface area contributed by atoms with Gasteiger partial charge in [-0.15, -0.1) is 0 Å². The highest BCUT2D eigenvalue weighted by Gasteiger charge is 2.21. The van der Waals surface area contributed by atoms with Gasteiger partial charge in [0.05, 0.1) is 11.0 Å². The molecule has 1 atom stereocenters. The first-order chi connectivity index (χ1) is 8.25. The Bertz CT molecular complexity index is 514. The van der Waals surface area contributed by atoms with Crippen molar-refractivity contribution in [1.29, 1.82) is 0 Å². The molecule has 0 amide bonds. The molecule has 0 spiro atoms. The molecule has 4 nitrogen and oxygen atoms in total. The molecule has 6 heteroatoms. The van der Waals surface area contributed by atoms with Crippen molar-refractivity contribution in [3.63, 3.8) is 0 Å². The van der Waals surface area contributed by atoms with Crippen LogP contribution in [0.15, 0.2) is 27.6 Å². The summed E-state index contributed by atoms with van der Waals surface area (Å²) >= 11 is 3.34. The van der Waals surface area contributed by atoms with E-state index in [2.05, 4.69) is 15.9 Å². The first-order valence-electron chi connectivity index (χ1n) is 5.65. The third-order valence-electron chi connectivity index (χ3n) is 2.70. The minimum absolute atomic E-state index is 0.274. The smallest absolute Gasteiger partial charge is 0.242 e. The lowest BCUT2D eigenvalue weighted by molar-refractivity contribution is 0.177. The summed E-state index contributed by atoms with van der Waals surface area (Å²) < 4.78 is 26.6. The molecule has 0 aromatic heterocycles. The molecule has 0 radical (unpaired) electrons. The lowest BCUT2D eigenvalue weighted by Crippen LogP contribution is -2.29. The Hall–Kier alpha value is -0.430. The number of hydrogen-bond donors (Lipinski definition) is 1. The number of aliphatic hydroxyl groups excluding tert-OH is 1. The summed E-state index contributed by atoms with van der Waals surface area (Å²) in [6.45, 7) is 3.79. The van der Waals surface area contributed by atoms with Crippen molar-refractivity contribution in [2.45, 2.75) is 31.3 Å². The Labute approximate surface area is 117 Å². The maximum atomic E-state index is 12.2. The van der Waals surface area contributed by atoms with E-state index in [0.29, 0.717) is 13.0 Å². The predicted molar refractivity (Wildman–Crippen MR) is 75.0 cm³/mol. The first kappa shape index (κ1) is 15.6. The van der Waals surface area contributed by atoms with Gasteiger partial charge in [-0.25, -0.2) is 12.7 Å². The predicted octanol–water partition coefficient (Wildman–Crippen LogP) is 2.15. The van der Waals surface area contributed by atoms with E-state index in [1.807, 2.05) is 6.92 Å². The number of rotatable bonds is 5. The number of benzene rings is 1.